The number of rotatable bonds is 0. The molecule has 20 heavy (non-hydrogen) atoms. The number of fused-ring (bicyclic) bond motifs is 1. The molecule has 0 spiro atoms. The number of nitrogens with zero attached hydrogens (tertiary/aromatic N) is 1. The van der Waals surface area contributed by atoms with E-state index in [1.807, 2.05) is 26.0 Å². The van der Waals surface area contributed by atoms with Crippen LogP contribution in [-0.4, -0.2) is 16.3 Å². The standard InChI is InChI=1S/C9H8ClNO.C7H8O/c1-5-9(10)7-4-6(12)2-3-8(7)11-5;1-6-2-4-7(8)5-3-6/h2-5,12H,1H3;2-5,8H,1H3. The molecule has 3 rings (SSSR count). The maximum absolute atomic E-state index is 9.19. The first-order chi connectivity index (χ1) is 9.47. The fourth-order valence-corrected chi connectivity index (χ4v) is 2.06. The summed E-state index contributed by atoms with van der Waals surface area (Å²) in [6.07, 6.45) is 0. The van der Waals surface area contributed by atoms with E-state index < -0.39 is 0 Å². The summed E-state index contributed by atoms with van der Waals surface area (Å²) in [5.41, 5.74) is 1.17. The molecule has 2 N–H and O–H groups in total. The van der Waals surface area contributed by atoms with Crippen molar-refractivity contribution in [1.29, 1.82) is 0 Å². The van der Waals surface area contributed by atoms with Gasteiger partial charge in [0, 0.05) is 5.22 Å². The fraction of sp³-hybridized carbons (Fsp3) is 0.188. The largest absolute Gasteiger partial charge is 0.508 e. The highest BCUT2D eigenvalue weighted by molar-refractivity contribution is 6.46. The van der Waals surface area contributed by atoms with Gasteiger partial charge in [0.2, 0.25) is 0 Å². The Morgan fingerprint density at radius 1 is 1.00 bits per heavy atom. The van der Waals surface area contributed by atoms with Crippen molar-refractivity contribution < 1.29 is 10.2 Å². The number of phenols is 2. The van der Waals surface area contributed by atoms with E-state index in [0.29, 0.717) is 10.8 Å². The third-order valence-corrected chi connectivity index (χ3v) is 3.49. The molecule has 1 atom stereocenters. The highest BCUT2D eigenvalue weighted by Crippen LogP contribution is 2.13. The number of phenolic OH excluding ortho intramolecular Hbond substituents is 2. The molecule has 0 saturated carbocycles. The van der Waals surface area contributed by atoms with Crippen LogP contribution in [0.2, 0.25) is 0 Å². The van der Waals surface area contributed by atoms with Crippen LogP contribution in [0.15, 0.2) is 47.5 Å². The van der Waals surface area contributed by atoms with Gasteiger partial charge in [-0.1, -0.05) is 29.3 Å². The first-order valence-electron chi connectivity index (χ1n) is 6.29. The molecule has 1 unspecified atom stereocenters. The van der Waals surface area contributed by atoms with Crippen LogP contribution >= 0.6 is 11.6 Å². The average molecular weight is 290 g/mol. The Labute approximate surface area is 122 Å². The Balaban J connectivity index is 0.000000160. The zero-order valence-corrected chi connectivity index (χ0v) is 12.1. The lowest BCUT2D eigenvalue weighted by atomic mass is 10.2. The SMILES string of the molecule is CC1N=c2ccc(O)cc2=C1Cl.Cc1ccc(O)cc1. The van der Waals surface area contributed by atoms with Crippen molar-refractivity contribution in [3.63, 3.8) is 0 Å². The predicted molar refractivity (Wildman–Crippen MR) is 80.5 cm³/mol. The van der Waals surface area contributed by atoms with Crippen molar-refractivity contribution in [2.45, 2.75) is 19.9 Å². The number of aromatic hydroxyl groups is 2. The molecule has 0 radical (unpaired) electrons. The van der Waals surface area contributed by atoms with Crippen LogP contribution in [0.3, 0.4) is 0 Å². The predicted octanol–water partition coefficient (Wildman–Crippen LogP) is 2.46. The molecule has 1 heterocycles. The zero-order chi connectivity index (χ0) is 14.7. The van der Waals surface area contributed by atoms with Crippen LogP contribution < -0.4 is 10.6 Å². The van der Waals surface area contributed by atoms with Gasteiger partial charge >= 0.3 is 0 Å². The molecular weight excluding hydrogens is 274 g/mol. The van der Waals surface area contributed by atoms with E-state index in [4.69, 9.17) is 16.7 Å². The summed E-state index contributed by atoms with van der Waals surface area (Å²) in [6, 6.07) is 12.2. The van der Waals surface area contributed by atoms with Gasteiger partial charge in [-0.2, -0.15) is 0 Å². The van der Waals surface area contributed by atoms with E-state index in [-0.39, 0.29) is 11.8 Å². The molecule has 0 aromatic heterocycles. The van der Waals surface area contributed by atoms with Gasteiger partial charge in [0.1, 0.15) is 11.5 Å². The third-order valence-electron chi connectivity index (χ3n) is 2.97. The van der Waals surface area contributed by atoms with E-state index in [0.717, 1.165) is 10.6 Å². The minimum atomic E-state index is 0.0310. The van der Waals surface area contributed by atoms with Gasteiger partial charge < -0.3 is 10.2 Å². The summed E-state index contributed by atoms with van der Waals surface area (Å²) in [4.78, 5) is 4.29. The molecule has 0 bridgehead atoms. The molecule has 0 saturated heterocycles. The second-order valence-corrected chi connectivity index (χ2v) is 5.10. The van der Waals surface area contributed by atoms with E-state index in [1.165, 1.54) is 5.56 Å². The minimum absolute atomic E-state index is 0.0310. The molecule has 1 aliphatic heterocycles. The number of hydrogen-bond donors (Lipinski definition) is 2. The van der Waals surface area contributed by atoms with Crippen molar-refractivity contribution in [2.24, 2.45) is 4.99 Å². The second kappa shape index (κ2) is 5.97. The van der Waals surface area contributed by atoms with Gasteiger partial charge in [0.25, 0.3) is 0 Å². The van der Waals surface area contributed by atoms with Gasteiger partial charge in [0.15, 0.2) is 0 Å². The van der Waals surface area contributed by atoms with Gasteiger partial charge in [-0.05, 0) is 44.2 Å². The summed E-state index contributed by atoms with van der Waals surface area (Å²) in [6.45, 7) is 3.92. The summed E-state index contributed by atoms with van der Waals surface area (Å²) in [5.74, 6) is 0.562. The summed E-state index contributed by atoms with van der Waals surface area (Å²) < 4.78 is 0. The molecule has 0 amide bonds. The molecule has 0 fully saturated rings. The minimum Gasteiger partial charge on any atom is -0.508 e. The topological polar surface area (TPSA) is 52.8 Å². The zero-order valence-electron chi connectivity index (χ0n) is 11.3. The highest BCUT2D eigenvalue weighted by Gasteiger charge is 2.12. The molecule has 4 heteroatoms. The molecule has 3 nitrogen and oxygen atoms in total. The molecule has 2 aromatic carbocycles. The molecule has 104 valence electrons. The van der Waals surface area contributed by atoms with E-state index >= 15 is 0 Å². The maximum Gasteiger partial charge on any atom is 0.116 e. The highest BCUT2D eigenvalue weighted by atomic mass is 35.5. The Bertz CT molecular complexity index is 702. The fourth-order valence-electron chi connectivity index (χ4n) is 1.86. The smallest absolute Gasteiger partial charge is 0.116 e. The van der Waals surface area contributed by atoms with E-state index in [1.54, 1.807) is 30.3 Å². The van der Waals surface area contributed by atoms with Crippen molar-refractivity contribution in [3.05, 3.63) is 58.6 Å². The number of aryl methyl sites for hydroxylation is 1. The third kappa shape index (κ3) is 3.31. The molecular formula is C16H16ClNO2. The maximum atomic E-state index is 9.19. The van der Waals surface area contributed by atoms with Crippen LogP contribution in [0.25, 0.3) is 5.03 Å². The molecule has 2 aromatic rings. The van der Waals surface area contributed by atoms with Gasteiger partial charge in [-0.15, -0.1) is 0 Å². The van der Waals surface area contributed by atoms with Crippen LogP contribution in [0.4, 0.5) is 0 Å². The van der Waals surface area contributed by atoms with E-state index in [9.17, 15) is 5.11 Å². The second-order valence-electron chi connectivity index (χ2n) is 4.69. The summed E-state index contributed by atoms with van der Waals surface area (Å²) in [5, 5.41) is 20.4. The van der Waals surface area contributed by atoms with Crippen molar-refractivity contribution in [2.75, 3.05) is 0 Å². The number of benzene rings is 2. The Morgan fingerprint density at radius 3 is 2.20 bits per heavy atom. The lowest BCUT2D eigenvalue weighted by Gasteiger charge is -1.94. The molecule has 1 aliphatic rings. The van der Waals surface area contributed by atoms with Gasteiger partial charge in [0.05, 0.1) is 16.4 Å². The van der Waals surface area contributed by atoms with E-state index in [2.05, 4.69) is 4.99 Å². The monoisotopic (exact) mass is 289 g/mol. The first kappa shape index (κ1) is 14.4. The normalized spacial score (nSPS) is 15.9. The van der Waals surface area contributed by atoms with Crippen LogP contribution in [-0.2, 0) is 0 Å². The lowest BCUT2D eigenvalue weighted by molar-refractivity contribution is 0.474. The van der Waals surface area contributed by atoms with Gasteiger partial charge in [-0.25, -0.2) is 0 Å². The average Bonchev–Trinajstić information content (AvgIpc) is 2.70. The van der Waals surface area contributed by atoms with Crippen LogP contribution in [0.5, 0.6) is 11.5 Å². The van der Waals surface area contributed by atoms with Crippen LogP contribution in [0.1, 0.15) is 12.5 Å². The van der Waals surface area contributed by atoms with Crippen molar-refractivity contribution in [3.8, 4) is 11.5 Å². The number of halogens is 1. The van der Waals surface area contributed by atoms with Gasteiger partial charge in [-0.3, -0.25) is 4.99 Å². The number of hydrogen-bond acceptors (Lipinski definition) is 3. The Kier molecular flexibility index (Phi) is 4.30. The van der Waals surface area contributed by atoms with Crippen molar-refractivity contribution >= 4 is 16.6 Å². The summed E-state index contributed by atoms with van der Waals surface area (Å²) in [7, 11) is 0. The first-order valence-corrected chi connectivity index (χ1v) is 6.67. The summed E-state index contributed by atoms with van der Waals surface area (Å²) >= 11 is 5.98. The molecule has 0 aliphatic carbocycles. The van der Waals surface area contributed by atoms with Crippen molar-refractivity contribution in [1.82, 2.24) is 0 Å². The Morgan fingerprint density at radius 2 is 1.60 bits per heavy atom. The lowest BCUT2D eigenvalue weighted by Crippen LogP contribution is -2.21. The quantitative estimate of drug-likeness (QED) is 0.783. The van der Waals surface area contributed by atoms with Crippen LogP contribution in [0, 0.1) is 6.92 Å². The Hall–Kier alpha value is -2.00.